The van der Waals surface area contributed by atoms with Gasteiger partial charge in [-0.1, -0.05) is 64.1 Å². The van der Waals surface area contributed by atoms with Crippen LogP contribution in [0.2, 0.25) is 0 Å². The molecule has 0 saturated carbocycles. The number of nitrogens with zero attached hydrogens (tertiary/aromatic N) is 2. The molecule has 0 bridgehead atoms. The van der Waals surface area contributed by atoms with Gasteiger partial charge in [-0.15, -0.1) is 0 Å². The molecule has 0 aliphatic carbocycles. The first-order valence-corrected chi connectivity index (χ1v) is 11.3. The summed E-state index contributed by atoms with van der Waals surface area (Å²) in [5.74, 6) is 0.826. The second-order valence-corrected chi connectivity index (χ2v) is 9.12. The summed E-state index contributed by atoms with van der Waals surface area (Å²) in [6.45, 7) is 11.0. The van der Waals surface area contributed by atoms with E-state index in [4.69, 9.17) is 14.4 Å². The Bertz CT molecular complexity index is 1420. The van der Waals surface area contributed by atoms with E-state index < -0.39 is 0 Å². The van der Waals surface area contributed by atoms with Crippen LogP contribution in [0.25, 0.3) is 44.6 Å². The van der Waals surface area contributed by atoms with Gasteiger partial charge in [0.15, 0.2) is 0 Å². The van der Waals surface area contributed by atoms with E-state index in [0.29, 0.717) is 17.5 Å². The third kappa shape index (κ3) is 3.38. The fourth-order valence-corrected chi connectivity index (χ4v) is 4.56. The molecule has 0 saturated heterocycles. The van der Waals surface area contributed by atoms with Gasteiger partial charge in [0.05, 0.1) is 11.4 Å². The van der Waals surface area contributed by atoms with Crippen LogP contribution >= 0.6 is 0 Å². The van der Waals surface area contributed by atoms with Crippen molar-refractivity contribution >= 4 is 22.1 Å². The van der Waals surface area contributed by atoms with Crippen LogP contribution in [0.15, 0.2) is 71.1 Å². The minimum absolute atomic E-state index is 0.413. The molecule has 0 amide bonds. The van der Waals surface area contributed by atoms with Crippen molar-refractivity contribution in [2.45, 2.75) is 46.5 Å². The van der Waals surface area contributed by atoms with E-state index in [1.54, 1.807) is 0 Å². The van der Waals surface area contributed by atoms with Crippen molar-refractivity contribution < 1.29 is 4.42 Å². The summed E-state index contributed by atoms with van der Waals surface area (Å²) in [5.41, 5.74) is 9.27. The van der Waals surface area contributed by atoms with Crippen LogP contribution in [0.5, 0.6) is 0 Å². The van der Waals surface area contributed by atoms with E-state index in [1.165, 1.54) is 16.7 Å². The largest absolute Gasteiger partial charge is 0.437 e. The maximum Gasteiger partial charge on any atom is 0.227 e. The molecule has 0 radical (unpaired) electrons. The maximum atomic E-state index is 6.39. The van der Waals surface area contributed by atoms with Gasteiger partial charge in [-0.25, -0.2) is 4.98 Å². The minimum atomic E-state index is 0.413. The second-order valence-electron chi connectivity index (χ2n) is 9.12. The number of hydrogen-bond acceptors (Lipinski definition) is 3. The number of aromatic nitrogens is 2. The van der Waals surface area contributed by atoms with Gasteiger partial charge in [-0.3, -0.25) is 4.98 Å². The number of para-hydroxylation sites is 1. The molecule has 0 spiro atoms. The Labute approximate surface area is 189 Å². The second kappa shape index (κ2) is 7.90. The Balaban J connectivity index is 1.75. The van der Waals surface area contributed by atoms with Crippen LogP contribution in [-0.4, -0.2) is 9.97 Å². The van der Waals surface area contributed by atoms with Crippen molar-refractivity contribution in [1.29, 1.82) is 0 Å². The Hall–Kier alpha value is -3.46. The van der Waals surface area contributed by atoms with Crippen molar-refractivity contribution in [2.75, 3.05) is 0 Å². The molecule has 5 rings (SSSR count). The van der Waals surface area contributed by atoms with E-state index >= 15 is 0 Å². The number of hydrogen-bond donors (Lipinski definition) is 0. The molecule has 3 heterocycles. The highest BCUT2D eigenvalue weighted by molar-refractivity contribution is 6.08. The van der Waals surface area contributed by atoms with Crippen molar-refractivity contribution in [3.8, 4) is 22.5 Å². The predicted octanol–water partition coefficient (Wildman–Crippen LogP) is 8.27. The summed E-state index contributed by atoms with van der Waals surface area (Å²) in [5, 5.41) is 2.10. The smallest absolute Gasteiger partial charge is 0.227 e. The molecule has 0 aliphatic rings. The first-order valence-electron chi connectivity index (χ1n) is 11.3. The lowest BCUT2D eigenvalue weighted by Crippen LogP contribution is -2.00. The van der Waals surface area contributed by atoms with Gasteiger partial charge in [0, 0.05) is 27.6 Å². The van der Waals surface area contributed by atoms with Crippen LogP contribution in [0.3, 0.4) is 0 Å². The van der Waals surface area contributed by atoms with Gasteiger partial charge in [0.1, 0.15) is 5.58 Å². The summed E-state index contributed by atoms with van der Waals surface area (Å²) in [6.07, 6.45) is 0. The molecule has 5 aromatic rings. The van der Waals surface area contributed by atoms with E-state index in [1.807, 2.05) is 25.1 Å². The fraction of sp³-hybridized carbons (Fsp3) is 0.241. The third-order valence-corrected chi connectivity index (χ3v) is 6.16. The van der Waals surface area contributed by atoms with E-state index in [-0.39, 0.29) is 0 Å². The first kappa shape index (κ1) is 20.4. The van der Waals surface area contributed by atoms with Gasteiger partial charge < -0.3 is 4.42 Å². The van der Waals surface area contributed by atoms with Crippen molar-refractivity contribution in [1.82, 2.24) is 9.97 Å². The standard InChI is InChI=1S/C29H28N2O/c1-17(2)20-10-7-11-21(18(3)4)27(20)26-16-15-23-22-12-8-13-24(28(22)32-29(23)31-26)25-14-6-9-19(5)30-25/h6-18H,1-5H3. The van der Waals surface area contributed by atoms with Crippen molar-refractivity contribution in [3.05, 3.63) is 83.6 Å². The number of aryl methyl sites for hydroxylation is 1. The molecule has 3 heteroatoms. The number of rotatable bonds is 4. The average molecular weight is 421 g/mol. The zero-order valence-corrected chi connectivity index (χ0v) is 19.3. The predicted molar refractivity (Wildman–Crippen MR) is 133 cm³/mol. The highest BCUT2D eigenvalue weighted by Crippen LogP contribution is 2.39. The summed E-state index contributed by atoms with van der Waals surface area (Å²) in [4.78, 5) is 9.74. The van der Waals surface area contributed by atoms with E-state index in [0.717, 1.165) is 39.0 Å². The Morgan fingerprint density at radius 3 is 2.03 bits per heavy atom. The average Bonchev–Trinajstić information content (AvgIpc) is 3.16. The van der Waals surface area contributed by atoms with Gasteiger partial charge >= 0.3 is 0 Å². The number of fused-ring (bicyclic) bond motifs is 3. The fourth-order valence-electron chi connectivity index (χ4n) is 4.56. The number of pyridine rings is 2. The van der Waals surface area contributed by atoms with E-state index in [2.05, 4.69) is 76.2 Å². The molecule has 0 unspecified atom stereocenters. The molecule has 2 aromatic carbocycles. The lowest BCUT2D eigenvalue weighted by atomic mass is 9.87. The van der Waals surface area contributed by atoms with Gasteiger partial charge in [-0.05, 0) is 60.2 Å². The third-order valence-electron chi connectivity index (χ3n) is 6.16. The Morgan fingerprint density at radius 1 is 0.656 bits per heavy atom. The van der Waals surface area contributed by atoms with Gasteiger partial charge in [-0.2, -0.15) is 0 Å². The van der Waals surface area contributed by atoms with Crippen LogP contribution in [0.1, 0.15) is 56.4 Å². The molecule has 0 aliphatic heterocycles. The van der Waals surface area contributed by atoms with Gasteiger partial charge in [0.2, 0.25) is 5.71 Å². The Morgan fingerprint density at radius 2 is 1.34 bits per heavy atom. The monoisotopic (exact) mass is 420 g/mol. The topological polar surface area (TPSA) is 38.9 Å². The van der Waals surface area contributed by atoms with Crippen LogP contribution in [0, 0.1) is 6.92 Å². The number of furan rings is 1. The summed E-state index contributed by atoms with van der Waals surface area (Å²) < 4.78 is 6.39. The molecule has 0 atom stereocenters. The normalized spacial score (nSPS) is 11.8. The minimum Gasteiger partial charge on any atom is -0.437 e. The molecular formula is C29H28N2O. The molecule has 3 aromatic heterocycles. The quantitative estimate of drug-likeness (QED) is 0.294. The van der Waals surface area contributed by atoms with Crippen LogP contribution < -0.4 is 0 Å². The van der Waals surface area contributed by atoms with Crippen LogP contribution in [-0.2, 0) is 0 Å². The Kier molecular flexibility index (Phi) is 5.05. The zero-order valence-electron chi connectivity index (χ0n) is 19.3. The molecule has 0 N–H and O–H groups in total. The van der Waals surface area contributed by atoms with Crippen molar-refractivity contribution in [2.24, 2.45) is 0 Å². The maximum absolute atomic E-state index is 6.39. The zero-order chi connectivity index (χ0) is 22.4. The number of benzene rings is 2. The first-order chi connectivity index (χ1) is 15.4. The summed E-state index contributed by atoms with van der Waals surface area (Å²) in [6, 6.07) is 23.2. The SMILES string of the molecule is Cc1cccc(-c2cccc3c2oc2nc(-c4c(C(C)C)cccc4C(C)C)ccc23)n1. The highest BCUT2D eigenvalue weighted by atomic mass is 16.3. The summed E-state index contributed by atoms with van der Waals surface area (Å²) >= 11 is 0. The molecule has 160 valence electrons. The lowest BCUT2D eigenvalue weighted by Gasteiger charge is -2.19. The highest BCUT2D eigenvalue weighted by Gasteiger charge is 2.19. The van der Waals surface area contributed by atoms with Gasteiger partial charge in [0.25, 0.3) is 0 Å². The molecule has 3 nitrogen and oxygen atoms in total. The lowest BCUT2D eigenvalue weighted by molar-refractivity contribution is 0.655. The van der Waals surface area contributed by atoms with Crippen molar-refractivity contribution in [3.63, 3.8) is 0 Å². The summed E-state index contributed by atoms with van der Waals surface area (Å²) in [7, 11) is 0. The van der Waals surface area contributed by atoms with E-state index in [9.17, 15) is 0 Å². The molecule has 0 fully saturated rings. The van der Waals surface area contributed by atoms with Crippen LogP contribution in [0.4, 0.5) is 0 Å². The molecular weight excluding hydrogens is 392 g/mol. The molecule has 32 heavy (non-hydrogen) atoms.